The Kier molecular flexibility index (Phi) is 5.49. The van der Waals surface area contributed by atoms with E-state index in [1.54, 1.807) is 4.90 Å². The molecule has 0 aliphatic carbocycles. The Morgan fingerprint density at radius 3 is 2.50 bits per heavy atom. The maximum Gasteiger partial charge on any atom is 0.254 e. The van der Waals surface area contributed by atoms with Crippen LogP contribution in [0, 0.1) is 29.1 Å². The third-order valence-electron chi connectivity index (χ3n) is 7.37. The van der Waals surface area contributed by atoms with Crippen molar-refractivity contribution in [2.45, 2.75) is 76.2 Å². The van der Waals surface area contributed by atoms with E-state index >= 15 is 0 Å². The smallest absolute Gasteiger partial charge is 0.254 e. The van der Waals surface area contributed by atoms with Crippen LogP contribution in [0.15, 0.2) is 18.3 Å². The van der Waals surface area contributed by atoms with Crippen molar-refractivity contribution >= 4 is 11.8 Å². The fourth-order valence-electron chi connectivity index (χ4n) is 5.59. The fourth-order valence-corrected chi connectivity index (χ4v) is 5.59. The van der Waals surface area contributed by atoms with Gasteiger partial charge in [-0.2, -0.15) is 9.65 Å². The van der Waals surface area contributed by atoms with Crippen LogP contribution in [0.3, 0.4) is 0 Å². The van der Waals surface area contributed by atoms with E-state index in [9.17, 15) is 19.2 Å². The summed E-state index contributed by atoms with van der Waals surface area (Å²) in [5.41, 5.74) is 6.74. The zero-order valence-corrected chi connectivity index (χ0v) is 17.4. The molecule has 160 valence electrons. The van der Waals surface area contributed by atoms with E-state index in [2.05, 4.69) is 18.0 Å². The van der Waals surface area contributed by atoms with Crippen molar-refractivity contribution in [2.24, 2.45) is 17.6 Å². The molecule has 2 bridgehead atoms. The summed E-state index contributed by atoms with van der Waals surface area (Å²) in [5, 5.41) is 9.47. The molecule has 0 aromatic carbocycles. The van der Waals surface area contributed by atoms with Gasteiger partial charge < -0.3 is 15.5 Å². The van der Waals surface area contributed by atoms with Gasteiger partial charge in [-0.3, -0.25) is 9.59 Å². The third-order valence-corrected chi connectivity index (χ3v) is 7.37. The molecular weight excluding hydrogens is 385 g/mol. The van der Waals surface area contributed by atoms with E-state index in [1.165, 1.54) is 18.3 Å². The molecule has 3 fully saturated rings. The van der Waals surface area contributed by atoms with Crippen molar-refractivity contribution in [2.75, 3.05) is 0 Å². The molecule has 0 saturated carbocycles. The lowest BCUT2D eigenvalue weighted by atomic mass is 9.84. The van der Waals surface area contributed by atoms with E-state index in [-0.39, 0.29) is 41.8 Å². The van der Waals surface area contributed by atoms with Gasteiger partial charge in [-0.15, -0.1) is 0 Å². The normalized spacial score (nSPS) is 34.0. The van der Waals surface area contributed by atoms with Crippen LogP contribution < -0.4 is 5.73 Å². The van der Waals surface area contributed by atoms with Gasteiger partial charge in [0, 0.05) is 36.0 Å². The van der Waals surface area contributed by atoms with Crippen LogP contribution in [0.4, 0.5) is 4.39 Å². The Bertz CT molecular complexity index is 873. The molecule has 0 spiro atoms. The van der Waals surface area contributed by atoms with Crippen LogP contribution in [0.1, 0.15) is 56.3 Å². The van der Waals surface area contributed by atoms with Gasteiger partial charge in [0.05, 0.1) is 12.1 Å². The number of nitrogens with zero attached hydrogens (tertiary/aromatic N) is 4. The molecule has 2 amide bonds. The van der Waals surface area contributed by atoms with Crippen LogP contribution in [-0.4, -0.2) is 56.8 Å². The molecule has 3 aliphatic heterocycles. The molecule has 1 aromatic rings. The van der Waals surface area contributed by atoms with Crippen molar-refractivity contribution in [1.82, 2.24) is 14.8 Å². The number of hydrogen-bond donors (Lipinski definition) is 1. The fraction of sp³-hybridized carbons (Fsp3) is 0.636. The van der Waals surface area contributed by atoms with Crippen LogP contribution in [0.5, 0.6) is 0 Å². The molecule has 4 heterocycles. The number of amides is 2. The molecule has 30 heavy (non-hydrogen) atoms. The summed E-state index contributed by atoms with van der Waals surface area (Å²) in [6.07, 6.45) is 5.00. The zero-order chi connectivity index (χ0) is 21.6. The first-order valence-corrected chi connectivity index (χ1v) is 10.7. The molecule has 2 N–H and O–H groups in total. The highest BCUT2D eigenvalue weighted by atomic mass is 19.1. The van der Waals surface area contributed by atoms with Gasteiger partial charge in [0.2, 0.25) is 11.9 Å². The first-order chi connectivity index (χ1) is 14.3. The number of piperidine rings is 1. The number of carbonyl (C=O) groups excluding carboxylic acids is 2. The summed E-state index contributed by atoms with van der Waals surface area (Å²) in [6.45, 7) is 4.03. The standard InChI is InChI=1S/C22H28FN5O2/c1-12-7-18(11-24)27(13(12)2)22(30)20(25)15-8-16-3-4-17(9-15)28(16)21(29)14-5-6-26-19(23)10-14/h5-6,10,12-13,15-18,20H,3-4,7-9,25H2,1-2H3/t12-,13?,15?,16?,17?,18-,20-/m0/s1. The second-order valence-electron chi connectivity index (χ2n) is 9.07. The second-order valence-corrected chi connectivity index (χ2v) is 9.07. The van der Waals surface area contributed by atoms with Gasteiger partial charge >= 0.3 is 0 Å². The Balaban J connectivity index is 1.47. The number of hydrogen-bond acceptors (Lipinski definition) is 5. The number of rotatable bonds is 3. The van der Waals surface area contributed by atoms with E-state index in [0.29, 0.717) is 24.8 Å². The topological polar surface area (TPSA) is 103 Å². The summed E-state index contributed by atoms with van der Waals surface area (Å²) in [6, 6.07) is 3.84. The number of carbonyl (C=O) groups is 2. The second kappa shape index (κ2) is 7.95. The average Bonchev–Trinajstić information content (AvgIpc) is 3.17. The number of halogens is 1. The molecule has 4 rings (SSSR count). The van der Waals surface area contributed by atoms with Crippen molar-refractivity contribution in [3.05, 3.63) is 29.8 Å². The van der Waals surface area contributed by atoms with Crippen LogP contribution in [0.2, 0.25) is 0 Å². The highest BCUT2D eigenvalue weighted by Crippen LogP contribution is 2.41. The SMILES string of the molecule is CC1[C@@H](C)C[C@@H](C#N)N1C(=O)[C@@H](N)C1CC2CCC(C1)N2C(=O)c1ccnc(F)c1. The van der Waals surface area contributed by atoms with Crippen molar-refractivity contribution in [3.8, 4) is 6.07 Å². The van der Waals surface area contributed by atoms with Crippen molar-refractivity contribution < 1.29 is 14.0 Å². The van der Waals surface area contributed by atoms with E-state index in [0.717, 1.165) is 12.8 Å². The monoisotopic (exact) mass is 413 g/mol. The molecule has 3 aliphatic rings. The average molecular weight is 413 g/mol. The molecular formula is C22H28FN5O2. The molecule has 6 atom stereocenters. The Labute approximate surface area is 176 Å². The maximum absolute atomic E-state index is 13.5. The number of likely N-dealkylation sites (tertiary alicyclic amines) is 1. The lowest BCUT2D eigenvalue weighted by Gasteiger charge is -2.41. The lowest BCUT2D eigenvalue weighted by molar-refractivity contribution is -0.136. The number of nitriles is 1. The lowest BCUT2D eigenvalue weighted by Crippen LogP contribution is -2.56. The Morgan fingerprint density at radius 2 is 1.90 bits per heavy atom. The molecule has 7 nitrogen and oxygen atoms in total. The zero-order valence-electron chi connectivity index (χ0n) is 17.4. The molecule has 1 aromatic heterocycles. The largest absolute Gasteiger partial charge is 0.333 e. The number of aromatic nitrogens is 1. The first-order valence-electron chi connectivity index (χ1n) is 10.7. The number of fused-ring (bicyclic) bond motifs is 2. The minimum atomic E-state index is -0.674. The van der Waals surface area contributed by atoms with Gasteiger partial charge in [-0.05, 0) is 56.9 Å². The molecule has 8 heteroatoms. The number of pyridine rings is 1. The molecule has 3 unspecified atom stereocenters. The minimum Gasteiger partial charge on any atom is -0.333 e. The molecule has 3 saturated heterocycles. The molecule has 0 radical (unpaired) electrons. The summed E-state index contributed by atoms with van der Waals surface area (Å²) >= 11 is 0. The minimum absolute atomic E-state index is 0.00184. The van der Waals surface area contributed by atoms with Gasteiger partial charge in [0.15, 0.2) is 0 Å². The highest BCUT2D eigenvalue weighted by molar-refractivity contribution is 5.95. The van der Waals surface area contributed by atoms with Crippen molar-refractivity contribution in [1.29, 1.82) is 5.26 Å². The van der Waals surface area contributed by atoms with Gasteiger partial charge in [0.1, 0.15) is 6.04 Å². The van der Waals surface area contributed by atoms with E-state index in [4.69, 9.17) is 5.73 Å². The van der Waals surface area contributed by atoms with E-state index < -0.39 is 18.0 Å². The Morgan fingerprint density at radius 1 is 1.23 bits per heavy atom. The van der Waals surface area contributed by atoms with Gasteiger partial charge in [-0.25, -0.2) is 4.98 Å². The Hall–Kier alpha value is -2.53. The van der Waals surface area contributed by atoms with Gasteiger partial charge in [-0.1, -0.05) is 6.92 Å². The quantitative estimate of drug-likeness (QED) is 0.764. The van der Waals surface area contributed by atoms with Crippen molar-refractivity contribution in [3.63, 3.8) is 0 Å². The third kappa shape index (κ3) is 3.45. The van der Waals surface area contributed by atoms with Crippen LogP contribution >= 0.6 is 0 Å². The summed E-state index contributed by atoms with van der Waals surface area (Å²) in [7, 11) is 0. The maximum atomic E-state index is 13.5. The predicted molar refractivity (Wildman–Crippen MR) is 107 cm³/mol. The first kappa shape index (κ1) is 20.7. The van der Waals surface area contributed by atoms with E-state index in [1.807, 2.05) is 11.8 Å². The summed E-state index contributed by atoms with van der Waals surface area (Å²) in [5.74, 6) is -0.776. The van der Waals surface area contributed by atoms with Crippen LogP contribution in [0.25, 0.3) is 0 Å². The number of nitrogens with two attached hydrogens (primary N) is 1. The highest BCUT2D eigenvalue weighted by Gasteiger charge is 2.48. The van der Waals surface area contributed by atoms with Gasteiger partial charge in [0.25, 0.3) is 5.91 Å². The van der Waals surface area contributed by atoms with Crippen LogP contribution in [-0.2, 0) is 4.79 Å². The summed E-state index contributed by atoms with van der Waals surface area (Å²) < 4.78 is 13.5. The summed E-state index contributed by atoms with van der Waals surface area (Å²) in [4.78, 5) is 33.2. The predicted octanol–water partition coefficient (Wildman–Crippen LogP) is 2.08.